The Morgan fingerprint density at radius 3 is 2.38 bits per heavy atom. The van der Waals surface area contributed by atoms with Gasteiger partial charge in [0, 0.05) is 6.04 Å². The summed E-state index contributed by atoms with van der Waals surface area (Å²) in [7, 11) is 0. The van der Waals surface area contributed by atoms with Crippen LogP contribution >= 0.6 is 11.6 Å². The molecule has 1 saturated carbocycles. The van der Waals surface area contributed by atoms with Crippen molar-refractivity contribution in [2.24, 2.45) is 0 Å². The third kappa shape index (κ3) is 4.36. The van der Waals surface area contributed by atoms with E-state index in [9.17, 15) is 9.59 Å². The summed E-state index contributed by atoms with van der Waals surface area (Å²) >= 11 is 6.09. The summed E-state index contributed by atoms with van der Waals surface area (Å²) in [5.41, 5.74) is 1.30. The highest BCUT2D eigenvalue weighted by atomic mass is 35.5. The van der Waals surface area contributed by atoms with Crippen LogP contribution in [0.25, 0.3) is 0 Å². The average Bonchev–Trinajstić information content (AvgIpc) is 3.39. The van der Waals surface area contributed by atoms with Crippen LogP contribution in [0.2, 0.25) is 5.02 Å². The molecule has 0 radical (unpaired) electrons. The maximum atomic E-state index is 12.5. The molecule has 0 spiro atoms. The first-order valence-corrected chi connectivity index (χ1v) is 8.41. The molecule has 1 fully saturated rings. The third-order valence-corrected chi connectivity index (χ3v) is 4.29. The van der Waals surface area contributed by atoms with E-state index in [2.05, 4.69) is 10.6 Å². The number of rotatable bonds is 6. The van der Waals surface area contributed by atoms with E-state index < -0.39 is 6.04 Å². The first-order chi connectivity index (χ1) is 11.6. The van der Waals surface area contributed by atoms with Crippen LogP contribution in [0.15, 0.2) is 54.6 Å². The van der Waals surface area contributed by atoms with Crippen molar-refractivity contribution in [2.45, 2.75) is 31.3 Å². The Bertz CT molecular complexity index is 729. The number of halogens is 1. The summed E-state index contributed by atoms with van der Waals surface area (Å²) in [4.78, 5) is 24.7. The molecule has 0 heterocycles. The van der Waals surface area contributed by atoms with Crippen molar-refractivity contribution in [3.63, 3.8) is 0 Å². The Morgan fingerprint density at radius 1 is 1.04 bits per heavy atom. The second kappa shape index (κ2) is 7.49. The zero-order valence-electron chi connectivity index (χ0n) is 13.2. The molecular formula is C19H19ClN2O2. The average molecular weight is 343 g/mol. The number of carbonyl (C=O) groups excluding carboxylic acids is 2. The van der Waals surface area contributed by atoms with Gasteiger partial charge in [0.15, 0.2) is 0 Å². The van der Waals surface area contributed by atoms with Gasteiger partial charge in [-0.25, -0.2) is 0 Å². The van der Waals surface area contributed by atoms with Crippen LogP contribution in [0.5, 0.6) is 0 Å². The monoisotopic (exact) mass is 342 g/mol. The van der Waals surface area contributed by atoms with Crippen molar-refractivity contribution < 1.29 is 9.59 Å². The molecule has 2 amide bonds. The van der Waals surface area contributed by atoms with E-state index in [0.717, 1.165) is 18.4 Å². The van der Waals surface area contributed by atoms with Gasteiger partial charge in [0.1, 0.15) is 0 Å². The van der Waals surface area contributed by atoms with E-state index in [-0.39, 0.29) is 18.2 Å². The van der Waals surface area contributed by atoms with Crippen molar-refractivity contribution in [3.8, 4) is 0 Å². The van der Waals surface area contributed by atoms with Crippen molar-refractivity contribution in [1.82, 2.24) is 10.6 Å². The Morgan fingerprint density at radius 2 is 1.71 bits per heavy atom. The van der Waals surface area contributed by atoms with Crippen LogP contribution in [-0.4, -0.2) is 17.9 Å². The fraction of sp³-hybridized carbons (Fsp3) is 0.263. The fourth-order valence-corrected chi connectivity index (χ4v) is 2.74. The molecular weight excluding hydrogens is 324 g/mol. The number of amides is 2. The predicted octanol–water partition coefficient (Wildman–Crippen LogP) is 3.48. The van der Waals surface area contributed by atoms with E-state index in [1.165, 1.54) is 0 Å². The fourth-order valence-electron chi connectivity index (χ4n) is 2.52. The van der Waals surface area contributed by atoms with Crippen molar-refractivity contribution >= 4 is 23.4 Å². The number of carbonyl (C=O) groups is 2. The maximum absolute atomic E-state index is 12.5. The summed E-state index contributed by atoms with van der Waals surface area (Å²) in [5.74, 6) is -0.334. The third-order valence-electron chi connectivity index (χ3n) is 3.96. The van der Waals surface area contributed by atoms with Crippen molar-refractivity contribution in [2.75, 3.05) is 0 Å². The largest absolute Gasteiger partial charge is 0.353 e. The molecule has 5 heteroatoms. The Balaban J connectivity index is 1.75. The number of nitrogens with one attached hydrogen (secondary N) is 2. The maximum Gasteiger partial charge on any atom is 0.253 e. The number of hydrogen-bond acceptors (Lipinski definition) is 2. The highest BCUT2D eigenvalue weighted by molar-refractivity contribution is 6.33. The van der Waals surface area contributed by atoms with E-state index in [4.69, 9.17) is 11.6 Å². The Hall–Kier alpha value is -2.33. The quantitative estimate of drug-likeness (QED) is 0.844. The van der Waals surface area contributed by atoms with Gasteiger partial charge in [0.25, 0.3) is 5.91 Å². The van der Waals surface area contributed by atoms with Crippen molar-refractivity contribution in [3.05, 3.63) is 70.7 Å². The lowest BCUT2D eigenvalue weighted by Crippen LogP contribution is -2.34. The second-order valence-electron chi connectivity index (χ2n) is 5.96. The molecule has 2 aromatic rings. The molecule has 2 aromatic carbocycles. The first kappa shape index (κ1) is 16.5. The first-order valence-electron chi connectivity index (χ1n) is 8.03. The van der Waals surface area contributed by atoms with E-state index in [0.29, 0.717) is 16.6 Å². The molecule has 1 atom stereocenters. The van der Waals surface area contributed by atoms with Gasteiger partial charge in [0.05, 0.1) is 23.0 Å². The highest BCUT2D eigenvalue weighted by Crippen LogP contribution is 2.22. The molecule has 0 bridgehead atoms. The lowest BCUT2D eigenvalue weighted by molar-refractivity contribution is -0.121. The van der Waals surface area contributed by atoms with Gasteiger partial charge in [-0.05, 0) is 30.5 Å². The molecule has 124 valence electrons. The minimum atomic E-state index is -0.395. The van der Waals surface area contributed by atoms with Crippen LogP contribution in [0.4, 0.5) is 0 Å². The molecule has 0 aromatic heterocycles. The molecule has 0 saturated heterocycles. The molecule has 4 nitrogen and oxygen atoms in total. The highest BCUT2D eigenvalue weighted by Gasteiger charge is 2.26. The Labute approximate surface area is 146 Å². The van der Waals surface area contributed by atoms with Gasteiger partial charge in [-0.3, -0.25) is 9.59 Å². The molecule has 3 rings (SSSR count). The summed E-state index contributed by atoms with van der Waals surface area (Å²) < 4.78 is 0. The summed E-state index contributed by atoms with van der Waals surface area (Å²) in [6, 6.07) is 16.3. The Kier molecular flexibility index (Phi) is 5.16. The summed E-state index contributed by atoms with van der Waals surface area (Å²) in [5, 5.41) is 6.29. The molecule has 24 heavy (non-hydrogen) atoms. The van der Waals surface area contributed by atoms with Crippen LogP contribution in [0.3, 0.4) is 0 Å². The lowest BCUT2D eigenvalue weighted by Gasteiger charge is -2.19. The van der Waals surface area contributed by atoms with Gasteiger partial charge in [0.2, 0.25) is 5.91 Å². The number of hydrogen-bond donors (Lipinski definition) is 2. The van der Waals surface area contributed by atoms with E-state index in [1.807, 2.05) is 30.3 Å². The predicted molar refractivity (Wildman–Crippen MR) is 93.9 cm³/mol. The summed E-state index contributed by atoms with van der Waals surface area (Å²) in [6.45, 7) is 0. The van der Waals surface area contributed by atoms with Gasteiger partial charge >= 0.3 is 0 Å². The van der Waals surface area contributed by atoms with Crippen LogP contribution in [0, 0.1) is 0 Å². The number of benzene rings is 2. The smallest absolute Gasteiger partial charge is 0.253 e. The summed E-state index contributed by atoms with van der Waals surface area (Å²) in [6.07, 6.45) is 2.28. The lowest BCUT2D eigenvalue weighted by atomic mass is 10.0. The standard InChI is InChI=1S/C19H19ClN2O2/c20-16-9-5-4-8-15(16)19(24)22-17(13-6-2-1-3-7-13)12-18(23)21-14-10-11-14/h1-9,14,17H,10-12H2,(H,21,23)(H,22,24)/t17-/m1/s1. The SMILES string of the molecule is O=C(C[C@@H](NC(=O)c1ccccc1Cl)c1ccccc1)NC1CC1. The molecule has 2 N–H and O–H groups in total. The zero-order chi connectivity index (χ0) is 16.9. The minimum absolute atomic E-state index is 0.0502. The van der Waals surface area contributed by atoms with Gasteiger partial charge in [-0.15, -0.1) is 0 Å². The molecule has 1 aliphatic rings. The zero-order valence-corrected chi connectivity index (χ0v) is 13.9. The van der Waals surface area contributed by atoms with Crippen molar-refractivity contribution in [1.29, 1.82) is 0 Å². The molecule has 0 unspecified atom stereocenters. The second-order valence-corrected chi connectivity index (χ2v) is 6.37. The van der Waals surface area contributed by atoms with Gasteiger partial charge < -0.3 is 10.6 Å². The van der Waals surface area contributed by atoms with Gasteiger partial charge in [-0.2, -0.15) is 0 Å². The van der Waals surface area contributed by atoms with E-state index in [1.54, 1.807) is 24.3 Å². The van der Waals surface area contributed by atoms with E-state index >= 15 is 0 Å². The van der Waals surface area contributed by atoms with Crippen LogP contribution in [0.1, 0.15) is 41.2 Å². The normalized spacial score (nSPS) is 14.7. The van der Waals surface area contributed by atoms with Crippen LogP contribution in [-0.2, 0) is 4.79 Å². The van der Waals surface area contributed by atoms with Crippen LogP contribution < -0.4 is 10.6 Å². The minimum Gasteiger partial charge on any atom is -0.353 e. The molecule has 0 aliphatic heterocycles. The van der Waals surface area contributed by atoms with Gasteiger partial charge in [-0.1, -0.05) is 54.1 Å². The molecule has 1 aliphatic carbocycles. The topological polar surface area (TPSA) is 58.2 Å².